The molecule has 0 saturated heterocycles. The minimum Gasteiger partial charge on any atom is -0.363 e. The van der Waals surface area contributed by atoms with Gasteiger partial charge in [0, 0.05) is 11.6 Å². The number of amides is 1. The van der Waals surface area contributed by atoms with Crippen LogP contribution in [0.3, 0.4) is 0 Å². The number of anilines is 1. The summed E-state index contributed by atoms with van der Waals surface area (Å²) in [6.07, 6.45) is 2.55. The van der Waals surface area contributed by atoms with Crippen LogP contribution in [0.4, 0.5) is 11.4 Å². The van der Waals surface area contributed by atoms with E-state index in [1.807, 2.05) is 0 Å². The third kappa shape index (κ3) is 2.46. The first-order chi connectivity index (χ1) is 8.58. The van der Waals surface area contributed by atoms with Crippen molar-refractivity contribution in [1.29, 1.82) is 0 Å². The second kappa shape index (κ2) is 4.84. The first kappa shape index (κ1) is 12.1. The highest BCUT2D eigenvalue weighted by molar-refractivity contribution is 6.32. The summed E-state index contributed by atoms with van der Waals surface area (Å²) in [5.74, 6) is -0.516. The molecule has 1 aromatic carbocycles. The molecule has 0 spiro atoms. The number of benzene rings is 1. The second-order valence-corrected chi connectivity index (χ2v) is 3.70. The van der Waals surface area contributed by atoms with Crippen LogP contribution in [0.5, 0.6) is 0 Å². The standard InChI is InChI=1S/C10H6ClN3O4/c11-8-2-1-6(3-9(8)14(16)17)10(15)13-7-4-12-18-5-7/h1-5H,(H,13,15). The van der Waals surface area contributed by atoms with Crippen LogP contribution in [0.25, 0.3) is 0 Å². The van der Waals surface area contributed by atoms with Crippen molar-refractivity contribution < 1.29 is 14.2 Å². The summed E-state index contributed by atoms with van der Waals surface area (Å²) < 4.78 is 4.54. The monoisotopic (exact) mass is 267 g/mol. The Hall–Kier alpha value is -2.41. The van der Waals surface area contributed by atoms with E-state index in [4.69, 9.17) is 11.6 Å². The molecule has 0 bridgehead atoms. The van der Waals surface area contributed by atoms with Gasteiger partial charge in [-0.1, -0.05) is 16.8 Å². The number of halogens is 1. The van der Waals surface area contributed by atoms with E-state index >= 15 is 0 Å². The van der Waals surface area contributed by atoms with Crippen LogP contribution in [-0.4, -0.2) is 16.0 Å². The van der Waals surface area contributed by atoms with Crippen LogP contribution in [0.1, 0.15) is 10.4 Å². The number of carbonyl (C=O) groups is 1. The number of rotatable bonds is 3. The number of hydrogen-bond donors (Lipinski definition) is 1. The van der Waals surface area contributed by atoms with Crippen LogP contribution in [0, 0.1) is 10.1 Å². The van der Waals surface area contributed by atoms with Gasteiger partial charge in [0.2, 0.25) is 0 Å². The Morgan fingerprint density at radius 3 is 2.89 bits per heavy atom. The lowest BCUT2D eigenvalue weighted by Gasteiger charge is -2.02. The summed E-state index contributed by atoms with van der Waals surface area (Å²) in [4.78, 5) is 21.8. The number of carbonyl (C=O) groups excluding carboxylic acids is 1. The molecular weight excluding hydrogens is 262 g/mol. The van der Waals surface area contributed by atoms with E-state index in [1.54, 1.807) is 0 Å². The van der Waals surface area contributed by atoms with Gasteiger partial charge in [0.25, 0.3) is 11.6 Å². The molecule has 1 heterocycles. The van der Waals surface area contributed by atoms with Crippen molar-refractivity contribution in [3.63, 3.8) is 0 Å². The van der Waals surface area contributed by atoms with Gasteiger partial charge in [-0.3, -0.25) is 14.9 Å². The van der Waals surface area contributed by atoms with Gasteiger partial charge in [-0.05, 0) is 12.1 Å². The predicted molar refractivity (Wildman–Crippen MR) is 62.6 cm³/mol. The van der Waals surface area contributed by atoms with Gasteiger partial charge in [-0.2, -0.15) is 0 Å². The molecule has 0 atom stereocenters. The van der Waals surface area contributed by atoms with E-state index < -0.39 is 10.8 Å². The Morgan fingerprint density at radius 2 is 2.28 bits per heavy atom. The zero-order valence-corrected chi connectivity index (χ0v) is 9.55. The van der Waals surface area contributed by atoms with Crippen molar-refractivity contribution >= 4 is 28.9 Å². The topological polar surface area (TPSA) is 98.3 Å². The summed E-state index contributed by atoms with van der Waals surface area (Å²) >= 11 is 5.64. The maximum absolute atomic E-state index is 11.8. The Kier molecular flexibility index (Phi) is 3.24. The van der Waals surface area contributed by atoms with Gasteiger partial charge in [-0.25, -0.2) is 0 Å². The molecule has 18 heavy (non-hydrogen) atoms. The lowest BCUT2D eigenvalue weighted by molar-refractivity contribution is -0.384. The minimum atomic E-state index is -0.654. The summed E-state index contributed by atoms with van der Waals surface area (Å²) in [6.45, 7) is 0. The molecule has 1 amide bonds. The van der Waals surface area contributed by atoms with Crippen molar-refractivity contribution in [2.24, 2.45) is 0 Å². The second-order valence-electron chi connectivity index (χ2n) is 3.29. The number of hydrogen-bond acceptors (Lipinski definition) is 5. The number of nitrogens with zero attached hydrogens (tertiary/aromatic N) is 2. The third-order valence-corrected chi connectivity index (χ3v) is 2.41. The molecule has 0 radical (unpaired) electrons. The maximum atomic E-state index is 11.8. The molecule has 1 N–H and O–H groups in total. The maximum Gasteiger partial charge on any atom is 0.288 e. The SMILES string of the molecule is O=C(Nc1cnoc1)c1ccc(Cl)c([N+](=O)[O-])c1. The molecule has 2 rings (SSSR count). The summed E-state index contributed by atoms with van der Waals surface area (Å²) in [5, 5.41) is 16.5. The normalized spacial score (nSPS) is 10.1. The fourth-order valence-electron chi connectivity index (χ4n) is 1.26. The molecule has 0 aliphatic rings. The first-order valence-electron chi connectivity index (χ1n) is 4.72. The van der Waals surface area contributed by atoms with Crippen molar-refractivity contribution in [3.8, 4) is 0 Å². The van der Waals surface area contributed by atoms with Crippen molar-refractivity contribution in [2.45, 2.75) is 0 Å². The van der Waals surface area contributed by atoms with Gasteiger partial charge >= 0.3 is 0 Å². The smallest absolute Gasteiger partial charge is 0.288 e. The molecule has 0 unspecified atom stereocenters. The molecule has 0 saturated carbocycles. The predicted octanol–water partition coefficient (Wildman–Crippen LogP) is 2.49. The van der Waals surface area contributed by atoms with Crippen molar-refractivity contribution in [3.05, 3.63) is 51.4 Å². The van der Waals surface area contributed by atoms with Crippen LogP contribution < -0.4 is 5.32 Å². The zero-order valence-electron chi connectivity index (χ0n) is 8.79. The number of nitro groups is 1. The number of nitrogens with one attached hydrogen (secondary N) is 1. The van der Waals surface area contributed by atoms with Gasteiger partial charge in [-0.15, -0.1) is 0 Å². The van der Waals surface area contributed by atoms with E-state index in [0.29, 0.717) is 5.69 Å². The quantitative estimate of drug-likeness (QED) is 0.680. The summed E-state index contributed by atoms with van der Waals surface area (Å²) in [6, 6.07) is 3.78. The molecule has 92 valence electrons. The molecule has 7 nitrogen and oxygen atoms in total. The molecular formula is C10H6ClN3O4. The van der Waals surface area contributed by atoms with Gasteiger partial charge in [0.15, 0.2) is 0 Å². The van der Waals surface area contributed by atoms with E-state index in [1.165, 1.54) is 24.6 Å². The van der Waals surface area contributed by atoms with Crippen LogP contribution in [0.2, 0.25) is 5.02 Å². The lowest BCUT2D eigenvalue weighted by Crippen LogP contribution is -2.11. The largest absolute Gasteiger partial charge is 0.363 e. The molecule has 0 fully saturated rings. The average Bonchev–Trinajstić information content (AvgIpc) is 2.81. The van der Waals surface area contributed by atoms with Gasteiger partial charge in [0.05, 0.1) is 11.1 Å². The van der Waals surface area contributed by atoms with E-state index in [-0.39, 0.29) is 16.3 Å². The molecule has 2 aromatic rings. The highest BCUT2D eigenvalue weighted by Crippen LogP contribution is 2.25. The van der Waals surface area contributed by atoms with Gasteiger partial charge < -0.3 is 9.84 Å². The van der Waals surface area contributed by atoms with Gasteiger partial charge in [0.1, 0.15) is 17.0 Å². The molecule has 8 heteroatoms. The Bertz CT molecular complexity index is 597. The fraction of sp³-hybridized carbons (Fsp3) is 0. The van der Waals surface area contributed by atoms with E-state index in [9.17, 15) is 14.9 Å². The average molecular weight is 268 g/mol. The zero-order chi connectivity index (χ0) is 13.1. The van der Waals surface area contributed by atoms with E-state index in [0.717, 1.165) is 6.07 Å². The lowest BCUT2D eigenvalue weighted by atomic mass is 10.2. The van der Waals surface area contributed by atoms with Crippen LogP contribution in [0.15, 0.2) is 35.2 Å². The highest BCUT2D eigenvalue weighted by Gasteiger charge is 2.16. The Morgan fingerprint density at radius 1 is 1.50 bits per heavy atom. The molecule has 1 aromatic heterocycles. The Balaban J connectivity index is 2.26. The van der Waals surface area contributed by atoms with Crippen LogP contribution >= 0.6 is 11.6 Å². The number of aromatic nitrogens is 1. The molecule has 0 aliphatic heterocycles. The highest BCUT2D eigenvalue weighted by atomic mass is 35.5. The summed E-state index contributed by atoms with van der Waals surface area (Å²) in [7, 11) is 0. The van der Waals surface area contributed by atoms with Crippen molar-refractivity contribution in [1.82, 2.24) is 5.16 Å². The fourth-order valence-corrected chi connectivity index (χ4v) is 1.45. The summed E-state index contributed by atoms with van der Waals surface area (Å²) in [5.41, 5.74) is 0.152. The van der Waals surface area contributed by atoms with E-state index in [2.05, 4.69) is 15.0 Å². The first-order valence-corrected chi connectivity index (χ1v) is 5.10. The van der Waals surface area contributed by atoms with Crippen LogP contribution in [-0.2, 0) is 0 Å². The third-order valence-electron chi connectivity index (χ3n) is 2.10. The number of nitro benzene ring substituents is 1. The molecule has 0 aliphatic carbocycles. The van der Waals surface area contributed by atoms with Crippen molar-refractivity contribution in [2.75, 3.05) is 5.32 Å². The minimum absolute atomic E-state index is 0.0264. The Labute approximate surface area is 105 Å².